The van der Waals surface area contributed by atoms with Gasteiger partial charge in [0, 0.05) is 158 Å². The van der Waals surface area contributed by atoms with Gasteiger partial charge >= 0.3 is 0 Å². The van der Waals surface area contributed by atoms with E-state index in [2.05, 4.69) is 84.9 Å². The van der Waals surface area contributed by atoms with Crippen LogP contribution in [0.1, 0.15) is 235 Å². The van der Waals surface area contributed by atoms with Gasteiger partial charge in [-0.2, -0.15) is 0 Å². The first-order valence-corrected chi connectivity index (χ1v) is 53.6. The molecule has 0 spiro atoms. The van der Waals surface area contributed by atoms with Crippen LogP contribution in [0.25, 0.3) is 65.5 Å². The Kier molecular flexibility index (Phi) is 28.6. The number of para-hydroxylation sites is 2. The summed E-state index contributed by atoms with van der Waals surface area (Å²) in [6, 6.07) is 31.2. The van der Waals surface area contributed by atoms with E-state index in [1.165, 1.54) is 21.1 Å². The van der Waals surface area contributed by atoms with Crippen LogP contribution in [0.5, 0.6) is 23.1 Å². The van der Waals surface area contributed by atoms with Crippen LogP contribution in [-0.4, -0.2) is 249 Å². The molecule has 4 saturated heterocycles. The number of H-pyrrole nitrogens is 2. The van der Waals surface area contributed by atoms with Crippen LogP contribution in [-0.2, 0) is 56.3 Å². The number of carbonyl (C=O) groups excluding carboxylic acids is 5. The molecule has 768 valence electrons. The molecule has 6 fully saturated rings. The van der Waals surface area contributed by atoms with Gasteiger partial charge in [0.25, 0.3) is 11.8 Å². The molecule has 37 heteroatoms. The second kappa shape index (κ2) is 42.1. The molecule has 4 aromatic carbocycles. The summed E-state index contributed by atoms with van der Waals surface area (Å²) in [6.45, 7) is 22.3. The standard InChI is InChI=1S/C110H127FN22O12S2/c1-61(2)94(91-51-92(127-145-91)143-44-14-13-37-128-38-29-66(30-39-128)71-54-114-107(115-55-71)130-42-33-81-95(63(130)4)79-48-83(123-125-100(79)120-81)77-15-9-11-17-88(77)136)104(140)132-58-74(134)46-86(132)102(138)112-52-65-19-21-68(22-20-65)98-85(118-60-146-98)50-93-119-62(3)97(147-93)69-23-24-70(53-113-103(139)87-47-75(135)59-133(87)105(141)99(109(6,7)8)122-106(142)110(111)35-36-110)90(45-69)144-76-27-25-73(26-28-76)129-40-31-67(32-41-129)72-56-116-108(117-57-72)131-43-34-82-96(64(131)5)80-49-84(124-126-101(80)121-82)78-16-10-12-18-89(78)137/h9-12,15-24,45,48-49,51,54-57,60-61,63-64,66-67,73-76,86-87,94,99,134-137H,13-14,25-44,46-47,50,52-53,58-59H2,1-8H3,(H,112,138)(H,113,139)(H,120,125)(H,121,126)(H,122,142)/t63-,64+,73?,74-,75-,76?,86+,87+,94?,99-/m1/s1. The molecule has 5 amide bonds. The average Bonchev–Trinajstić information content (AvgIpc) is 1.60. The van der Waals surface area contributed by atoms with Crippen molar-refractivity contribution in [1.29, 1.82) is 0 Å². The number of nitrogens with zero attached hydrogens (tertiary/aromatic N) is 17. The number of aryl methyl sites for hydroxylation is 1. The lowest BCUT2D eigenvalue weighted by atomic mass is 9.85. The highest BCUT2D eigenvalue weighted by atomic mass is 32.1. The molecule has 8 aliphatic rings. The van der Waals surface area contributed by atoms with Crippen molar-refractivity contribution in [2.24, 2.45) is 11.3 Å². The molecule has 2 aliphatic carbocycles. The van der Waals surface area contributed by atoms with E-state index < -0.39 is 65.1 Å². The minimum absolute atomic E-state index is 0.00947. The van der Waals surface area contributed by atoms with Crippen molar-refractivity contribution >= 4 is 86.2 Å². The lowest BCUT2D eigenvalue weighted by Crippen LogP contribution is -2.59. The molecule has 147 heavy (non-hydrogen) atoms. The lowest BCUT2D eigenvalue weighted by Gasteiger charge is -2.41. The van der Waals surface area contributed by atoms with Gasteiger partial charge in [-0.3, -0.25) is 24.0 Å². The smallest absolute Gasteiger partial charge is 0.258 e. The number of thiazole rings is 2. The van der Waals surface area contributed by atoms with Gasteiger partial charge in [0.2, 0.25) is 35.5 Å². The number of rotatable bonds is 31. The summed E-state index contributed by atoms with van der Waals surface area (Å²) in [4.78, 5) is 122. The number of fused-ring (bicyclic) bond motifs is 6. The van der Waals surface area contributed by atoms with Crippen LogP contribution >= 0.6 is 22.7 Å². The summed E-state index contributed by atoms with van der Waals surface area (Å²) in [5, 5.41) is 77.1. The third kappa shape index (κ3) is 21.1. The van der Waals surface area contributed by atoms with Crippen molar-refractivity contribution in [3.8, 4) is 66.5 Å². The van der Waals surface area contributed by atoms with Crippen LogP contribution in [0.3, 0.4) is 0 Å². The number of anilines is 2. The number of carbonyl (C=O) groups is 5. The number of benzene rings is 4. The molecule has 15 heterocycles. The fourth-order valence-electron chi connectivity index (χ4n) is 22.9. The number of piperidine rings is 2. The van der Waals surface area contributed by atoms with Gasteiger partial charge in [-0.1, -0.05) is 95.3 Å². The first kappa shape index (κ1) is 99.6. The lowest BCUT2D eigenvalue weighted by molar-refractivity contribution is -0.145. The quantitative estimate of drug-likeness (QED) is 0.0182. The molecule has 0 bridgehead atoms. The summed E-state index contributed by atoms with van der Waals surface area (Å²) in [7, 11) is 0. The number of aromatic amines is 2. The predicted molar refractivity (Wildman–Crippen MR) is 555 cm³/mol. The summed E-state index contributed by atoms with van der Waals surface area (Å²) >= 11 is 3.10. The van der Waals surface area contributed by atoms with Crippen LogP contribution in [0.4, 0.5) is 16.3 Å². The zero-order valence-electron chi connectivity index (χ0n) is 84.1. The number of halogens is 1. The highest BCUT2D eigenvalue weighted by molar-refractivity contribution is 7.15. The third-order valence-electron chi connectivity index (χ3n) is 31.4. The maximum atomic E-state index is 15.1. The van der Waals surface area contributed by atoms with E-state index >= 15 is 4.39 Å². The van der Waals surface area contributed by atoms with Crippen molar-refractivity contribution in [1.82, 2.24) is 101 Å². The molecule has 9 N–H and O–H groups in total. The maximum absolute atomic E-state index is 15.1. The van der Waals surface area contributed by atoms with E-state index in [0.29, 0.717) is 82.5 Å². The third-order valence-corrected chi connectivity index (χ3v) is 33.5. The zero-order chi connectivity index (χ0) is 102. The van der Waals surface area contributed by atoms with Gasteiger partial charge in [-0.25, -0.2) is 34.3 Å². The fourth-order valence-corrected chi connectivity index (χ4v) is 24.8. The number of alkyl halides is 1. The molecule has 34 nitrogen and oxygen atoms in total. The van der Waals surface area contributed by atoms with E-state index in [1.807, 2.05) is 130 Å². The van der Waals surface area contributed by atoms with E-state index in [1.54, 1.807) is 62.4 Å². The number of unbranched alkanes of at least 4 members (excludes halogenated alkanes) is 1. The van der Waals surface area contributed by atoms with Crippen molar-refractivity contribution in [2.75, 3.05) is 75.3 Å². The number of β-amino-alcohol motifs (C(OH)–C–C–N with tert-alkyl or cyclic N) is 2. The number of aliphatic hydroxyl groups excluding tert-OH is 2. The Balaban J connectivity index is 0.417. The molecular weight excluding hydrogens is 1900 g/mol. The van der Waals surface area contributed by atoms with E-state index in [-0.39, 0.29) is 105 Å². The molecule has 8 atom stereocenters. The number of ether oxygens (including phenoxy) is 2. The number of nitrogens with one attached hydrogen (secondary N) is 5. The van der Waals surface area contributed by atoms with Gasteiger partial charge in [0.1, 0.15) is 41.3 Å². The van der Waals surface area contributed by atoms with Crippen LogP contribution in [0.2, 0.25) is 0 Å². The summed E-state index contributed by atoms with van der Waals surface area (Å²) in [5.41, 5.74) is 14.8. The number of aromatic hydroxyl groups is 2. The Bertz CT molecular complexity index is 6980. The number of aromatic nitrogens is 13. The number of phenols is 2. The second-order valence-electron chi connectivity index (χ2n) is 42.6. The summed E-state index contributed by atoms with van der Waals surface area (Å²) < 4.78 is 34.2. The molecule has 13 aromatic rings. The fraction of sp³-hybridized carbons (Fsp3) is 0.473. The van der Waals surface area contributed by atoms with Crippen LogP contribution in [0, 0.1) is 18.3 Å². The van der Waals surface area contributed by atoms with Gasteiger partial charge in [0.15, 0.2) is 22.7 Å². The Morgan fingerprint density at radius 3 is 1.76 bits per heavy atom. The second-order valence-corrected chi connectivity index (χ2v) is 44.5. The Morgan fingerprint density at radius 2 is 1.19 bits per heavy atom. The largest absolute Gasteiger partial charge is 0.507 e. The minimum Gasteiger partial charge on any atom is -0.507 e. The number of hydrogen-bond donors (Lipinski definition) is 9. The normalized spacial score (nSPS) is 21.4. The summed E-state index contributed by atoms with van der Waals surface area (Å²) in [6.07, 6.45) is 17.4. The zero-order valence-corrected chi connectivity index (χ0v) is 85.8. The number of phenolic OH excluding ortho intramolecular Hbond substituents is 2. The van der Waals surface area contributed by atoms with Crippen molar-refractivity contribution in [3.05, 3.63) is 206 Å². The van der Waals surface area contributed by atoms with E-state index in [4.69, 9.17) is 43.9 Å². The molecular formula is C110H127FN22O12S2. The van der Waals surface area contributed by atoms with Crippen LogP contribution < -0.4 is 35.2 Å². The van der Waals surface area contributed by atoms with E-state index in [9.17, 15) is 44.4 Å². The molecule has 1 unspecified atom stereocenters. The molecule has 21 rings (SSSR count). The van der Waals surface area contributed by atoms with Crippen LogP contribution in [0.15, 0.2) is 144 Å². The topological polar surface area (TPSA) is 427 Å². The Morgan fingerprint density at radius 1 is 0.633 bits per heavy atom. The van der Waals surface area contributed by atoms with E-state index in [0.717, 1.165) is 221 Å². The average molecular weight is 2030 g/mol. The number of aliphatic hydroxyl groups is 2. The molecule has 0 radical (unpaired) electrons. The molecule has 9 aromatic heterocycles. The summed E-state index contributed by atoms with van der Waals surface area (Å²) in [5.74, 6) is -0.0349. The Labute approximate surface area is 860 Å². The molecule has 2 saturated carbocycles. The number of hydrogen-bond acceptors (Lipinski definition) is 29. The van der Waals surface area contributed by atoms with Gasteiger partial charge in [-0.15, -0.1) is 43.1 Å². The highest BCUT2D eigenvalue weighted by Crippen LogP contribution is 2.47. The first-order chi connectivity index (χ1) is 71.0. The van der Waals surface area contributed by atoms with Crippen molar-refractivity contribution < 1.29 is 62.8 Å². The highest BCUT2D eigenvalue weighted by Gasteiger charge is 2.54. The number of likely N-dealkylation sites (tertiary alicyclic amines) is 4. The predicted octanol–water partition coefficient (Wildman–Crippen LogP) is 15.2. The van der Waals surface area contributed by atoms with Gasteiger partial charge in [0.05, 0.1) is 80.1 Å². The maximum Gasteiger partial charge on any atom is 0.258 e. The Hall–Kier alpha value is -13.3. The number of amides is 5. The SMILES string of the molecule is Cc1nc(Cc2ncsc2-c2ccc(CNC(=O)[C@@H]3C[C@@H](O)CN3C(=O)C(c3cc(OCCCCN4CCC(c5cnc(N6CCc7[nH]c8nnc(-c9ccccc9O)cc8c7[C@H]6C)nc5)CC4)no3)C(C)C)cc2)sc1-c1ccc(CNC(=O)[C@@H]2C[C@@H](O)CN2C(=O)[C@@H](NC(=O)C2(F)CC2)C(C)(C)C)c(OC2CCC(N3CCC(c4cnc(N5CCc6[nH]c7nnc(-c8ccccc8O)cc7c6[C@@H]5C)nc4)CC3)CC2)c1. The monoisotopic (exact) mass is 2030 g/mol. The molecule has 6 aliphatic heterocycles. The van der Waals surface area contributed by atoms with Crippen molar-refractivity contribution in [3.63, 3.8) is 0 Å². The minimum atomic E-state index is -2.03. The first-order valence-electron chi connectivity index (χ1n) is 51.9. The van der Waals surface area contributed by atoms with Gasteiger partial charge < -0.3 is 89.7 Å². The van der Waals surface area contributed by atoms with Gasteiger partial charge in [-0.05, 0) is 229 Å². The van der Waals surface area contributed by atoms with Crippen molar-refractivity contribution in [2.45, 2.75) is 256 Å².